The van der Waals surface area contributed by atoms with Gasteiger partial charge in [-0.1, -0.05) is 0 Å². The molecule has 1 atom stereocenters. The van der Waals surface area contributed by atoms with Gasteiger partial charge in [0, 0.05) is 17.7 Å². The van der Waals surface area contributed by atoms with Crippen molar-refractivity contribution in [3.05, 3.63) is 0 Å². The fourth-order valence-corrected chi connectivity index (χ4v) is 1.18. The Kier molecular flexibility index (Phi) is 9.45. The highest BCUT2D eigenvalue weighted by Gasteiger charge is 2.19. The van der Waals surface area contributed by atoms with E-state index in [1.54, 1.807) is 0 Å². The van der Waals surface area contributed by atoms with Gasteiger partial charge in [0.1, 0.15) is 13.2 Å². The Morgan fingerprint density at radius 1 is 1.14 bits per heavy atom. The Balaban J connectivity index is 3.20. The van der Waals surface area contributed by atoms with E-state index in [2.05, 4.69) is 0 Å². The average molecular weight is 224 g/mol. The van der Waals surface area contributed by atoms with Gasteiger partial charge in [-0.15, -0.1) is 9.05 Å². The van der Waals surface area contributed by atoms with Crippen LogP contribution in [0.5, 0.6) is 0 Å². The first-order valence-electron chi connectivity index (χ1n) is 4.62. The van der Waals surface area contributed by atoms with Gasteiger partial charge in [0.25, 0.3) is 0 Å². The number of likely N-dealkylation sites (N-methyl/N-ethyl adjacent to an activating group) is 1. The van der Waals surface area contributed by atoms with E-state index < -0.39 is 8.25 Å². The van der Waals surface area contributed by atoms with E-state index in [0.717, 1.165) is 6.54 Å². The summed E-state index contributed by atoms with van der Waals surface area (Å²) < 4.78 is 25.8. The summed E-state index contributed by atoms with van der Waals surface area (Å²) in [7, 11) is 1.86. The molecule has 0 N–H and O–H groups in total. The molecular weight excluding hydrogens is 205 g/mol. The van der Waals surface area contributed by atoms with Crippen LogP contribution in [0.1, 0.15) is 6.92 Å². The van der Waals surface area contributed by atoms with Gasteiger partial charge in [-0.05, 0) is 21.0 Å². The molecular formula is C8H19NO4P+. The third-order valence-corrected chi connectivity index (χ3v) is 2.15. The minimum Gasteiger partial charge on any atom is -0.379 e. The molecule has 6 heteroatoms. The van der Waals surface area contributed by atoms with Gasteiger partial charge in [-0.25, -0.2) is 0 Å². The first-order valence-corrected chi connectivity index (χ1v) is 5.72. The van der Waals surface area contributed by atoms with Gasteiger partial charge in [-0.3, -0.25) is 0 Å². The summed E-state index contributed by atoms with van der Waals surface area (Å²) in [6, 6.07) is 0. The molecule has 0 saturated carbocycles. The molecule has 0 amide bonds. The van der Waals surface area contributed by atoms with Gasteiger partial charge in [0.2, 0.25) is 0 Å². The Hall–Kier alpha value is -0.0600. The fraction of sp³-hybridized carbons (Fsp3) is 1.00. The molecule has 0 rings (SSSR count). The molecule has 0 fully saturated rings. The van der Waals surface area contributed by atoms with Crippen molar-refractivity contribution < 1.29 is 18.3 Å². The molecule has 0 saturated heterocycles. The summed E-state index contributed by atoms with van der Waals surface area (Å²) in [6.45, 7) is 4.45. The van der Waals surface area contributed by atoms with Gasteiger partial charge in [-0.2, -0.15) is 0 Å². The molecule has 5 nitrogen and oxygen atoms in total. The quantitative estimate of drug-likeness (QED) is 0.436. The molecule has 0 radical (unpaired) electrons. The fourth-order valence-electron chi connectivity index (χ4n) is 0.650. The molecule has 0 aliphatic heterocycles. The van der Waals surface area contributed by atoms with E-state index in [9.17, 15) is 4.57 Å². The minimum absolute atomic E-state index is 0.311. The third-order valence-electron chi connectivity index (χ3n) is 1.36. The predicted octanol–water partition coefficient (Wildman–Crippen LogP) is 1.28. The molecule has 0 aliphatic carbocycles. The van der Waals surface area contributed by atoms with Gasteiger partial charge in [0.05, 0.1) is 6.61 Å². The summed E-state index contributed by atoms with van der Waals surface area (Å²) in [5.41, 5.74) is 0. The lowest BCUT2D eigenvalue weighted by molar-refractivity contribution is 0.103. The summed E-state index contributed by atoms with van der Waals surface area (Å²) in [5.74, 6) is 0. The average Bonchev–Trinajstić information content (AvgIpc) is 2.12. The molecule has 0 heterocycles. The zero-order valence-corrected chi connectivity index (χ0v) is 9.96. The van der Waals surface area contributed by atoms with Crippen molar-refractivity contribution in [2.24, 2.45) is 0 Å². The maximum atomic E-state index is 11.0. The molecule has 0 aromatic heterocycles. The summed E-state index contributed by atoms with van der Waals surface area (Å²) in [6.07, 6.45) is 0. The second kappa shape index (κ2) is 9.49. The maximum absolute atomic E-state index is 11.0. The zero-order chi connectivity index (χ0) is 10.8. The molecule has 0 aliphatic rings. The van der Waals surface area contributed by atoms with Crippen LogP contribution in [0.4, 0.5) is 0 Å². The molecule has 0 aromatic rings. The van der Waals surface area contributed by atoms with Crippen LogP contribution in [-0.4, -0.2) is 52.0 Å². The van der Waals surface area contributed by atoms with Crippen LogP contribution in [0.3, 0.4) is 0 Å². The van der Waals surface area contributed by atoms with Crippen molar-refractivity contribution in [3.8, 4) is 0 Å². The maximum Gasteiger partial charge on any atom is 0.697 e. The Morgan fingerprint density at radius 2 is 1.79 bits per heavy atom. The smallest absolute Gasteiger partial charge is 0.379 e. The number of nitrogens with zero attached hydrogens (tertiary/aromatic N) is 1. The number of hydrogen-bond acceptors (Lipinski definition) is 5. The van der Waals surface area contributed by atoms with E-state index in [1.807, 2.05) is 25.9 Å². The highest BCUT2D eigenvalue weighted by Crippen LogP contribution is 2.22. The largest absolute Gasteiger partial charge is 0.697 e. The first-order chi connectivity index (χ1) is 6.66. The standard InChI is InChI=1S/C8H19NO4P/c1-4-11-7-8-13-14(10)12-6-5-9(2)3/h4-8H2,1-3H3/q+1. The van der Waals surface area contributed by atoms with Crippen LogP contribution >= 0.6 is 8.25 Å². The molecule has 14 heavy (non-hydrogen) atoms. The van der Waals surface area contributed by atoms with E-state index in [4.69, 9.17) is 13.8 Å². The molecule has 0 aromatic carbocycles. The number of ether oxygens (including phenoxy) is 1. The molecule has 0 spiro atoms. The van der Waals surface area contributed by atoms with Crippen molar-refractivity contribution in [1.82, 2.24) is 4.90 Å². The first kappa shape index (κ1) is 13.9. The lowest BCUT2D eigenvalue weighted by Crippen LogP contribution is -2.16. The summed E-state index contributed by atoms with van der Waals surface area (Å²) in [4.78, 5) is 1.95. The van der Waals surface area contributed by atoms with Crippen molar-refractivity contribution in [1.29, 1.82) is 0 Å². The van der Waals surface area contributed by atoms with Crippen molar-refractivity contribution >= 4 is 8.25 Å². The summed E-state index contributed by atoms with van der Waals surface area (Å²) in [5, 5.41) is 0. The van der Waals surface area contributed by atoms with Crippen LogP contribution in [0.2, 0.25) is 0 Å². The van der Waals surface area contributed by atoms with Crippen LogP contribution in [0, 0.1) is 0 Å². The van der Waals surface area contributed by atoms with Gasteiger partial charge < -0.3 is 9.64 Å². The SMILES string of the molecule is CCOCCO[P+](=O)OCCN(C)C. The summed E-state index contributed by atoms with van der Waals surface area (Å²) >= 11 is 0. The topological polar surface area (TPSA) is 48.0 Å². The normalized spacial score (nSPS) is 12.1. The monoisotopic (exact) mass is 224 g/mol. The Bertz CT molecular complexity index is 154. The number of rotatable bonds is 9. The highest BCUT2D eigenvalue weighted by molar-refractivity contribution is 7.33. The minimum atomic E-state index is -1.98. The van der Waals surface area contributed by atoms with Crippen LogP contribution in [0.15, 0.2) is 0 Å². The molecule has 0 bridgehead atoms. The predicted molar refractivity (Wildman–Crippen MR) is 54.6 cm³/mol. The van der Waals surface area contributed by atoms with Gasteiger partial charge >= 0.3 is 8.25 Å². The van der Waals surface area contributed by atoms with Crippen LogP contribution in [-0.2, 0) is 18.3 Å². The molecule has 1 unspecified atom stereocenters. The molecule has 84 valence electrons. The Morgan fingerprint density at radius 3 is 2.36 bits per heavy atom. The second-order valence-corrected chi connectivity index (χ2v) is 3.85. The lowest BCUT2D eigenvalue weighted by atomic mass is 10.6. The highest BCUT2D eigenvalue weighted by atomic mass is 31.1. The van der Waals surface area contributed by atoms with E-state index >= 15 is 0 Å². The second-order valence-electron chi connectivity index (χ2n) is 2.89. The van der Waals surface area contributed by atoms with E-state index in [-0.39, 0.29) is 0 Å². The third kappa shape index (κ3) is 10.0. The van der Waals surface area contributed by atoms with Crippen LogP contribution < -0.4 is 0 Å². The van der Waals surface area contributed by atoms with Crippen molar-refractivity contribution in [2.75, 3.05) is 47.1 Å². The van der Waals surface area contributed by atoms with Crippen LogP contribution in [0.25, 0.3) is 0 Å². The Labute approximate surface area is 86.3 Å². The van der Waals surface area contributed by atoms with Crippen molar-refractivity contribution in [2.45, 2.75) is 6.92 Å². The van der Waals surface area contributed by atoms with E-state index in [0.29, 0.717) is 26.4 Å². The van der Waals surface area contributed by atoms with Crippen molar-refractivity contribution in [3.63, 3.8) is 0 Å². The zero-order valence-electron chi connectivity index (χ0n) is 9.06. The van der Waals surface area contributed by atoms with Gasteiger partial charge in [0.15, 0.2) is 0 Å². The lowest BCUT2D eigenvalue weighted by Gasteiger charge is -2.04. The van der Waals surface area contributed by atoms with E-state index in [1.165, 1.54) is 0 Å². The number of hydrogen-bond donors (Lipinski definition) is 0.